The summed E-state index contributed by atoms with van der Waals surface area (Å²) in [6.07, 6.45) is 0.728. The van der Waals surface area contributed by atoms with Crippen LogP contribution in [0.5, 0.6) is 11.5 Å². The van der Waals surface area contributed by atoms with Gasteiger partial charge in [0, 0.05) is 6.66 Å². The van der Waals surface area contributed by atoms with E-state index in [9.17, 15) is 9.13 Å². The van der Waals surface area contributed by atoms with E-state index in [-0.39, 0.29) is 0 Å². The molecule has 0 radical (unpaired) electrons. The number of hydrogen-bond donors (Lipinski definition) is 3. The minimum absolute atomic E-state index is 0.523. The van der Waals surface area contributed by atoms with Gasteiger partial charge in [0.05, 0.1) is 0 Å². The second-order valence-corrected chi connectivity index (χ2v) is 10.2. The van der Waals surface area contributed by atoms with Crippen LogP contribution in [0.25, 0.3) is 0 Å². The second kappa shape index (κ2) is 8.85. The molecule has 0 aliphatic heterocycles. The van der Waals surface area contributed by atoms with Crippen molar-refractivity contribution in [1.29, 1.82) is 0 Å². The topological polar surface area (TPSA) is 88.7 Å². The SMILES string of the molecule is CNP(C)(=O)Oc1ccc(Cc2ccc(OP(=O)(NC)NC)cc2)cc1. The molecule has 0 fully saturated rings. The first-order valence-corrected chi connectivity index (χ1v) is 11.8. The van der Waals surface area contributed by atoms with E-state index in [4.69, 9.17) is 9.05 Å². The Bertz CT molecular complexity index is 802. The van der Waals surface area contributed by atoms with Crippen molar-refractivity contribution >= 4 is 15.2 Å². The zero-order chi connectivity index (χ0) is 19.2. The van der Waals surface area contributed by atoms with E-state index < -0.39 is 15.2 Å². The largest absolute Gasteiger partial charge is 0.433 e. The number of nitrogens with one attached hydrogen (secondary N) is 3. The third-order valence-corrected chi connectivity index (χ3v) is 6.78. The Kier molecular flexibility index (Phi) is 7.04. The maximum atomic E-state index is 12.2. The number of hydrogen-bond acceptors (Lipinski definition) is 4. The zero-order valence-electron chi connectivity index (χ0n) is 15.4. The predicted octanol–water partition coefficient (Wildman–Crippen LogP) is 3.62. The van der Waals surface area contributed by atoms with E-state index in [0.29, 0.717) is 11.5 Å². The maximum Gasteiger partial charge on any atom is 0.389 e. The van der Waals surface area contributed by atoms with Crippen molar-refractivity contribution in [2.45, 2.75) is 6.42 Å². The summed E-state index contributed by atoms with van der Waals surface area (Å²) < 4.78 is 35.0. The molecule has 0 aromatic heterocycles. The van der Waals surface area contributed by atoms with Gasteiger partial charge in [-0.1, -0.05) is 24.3 Å². The summed E-state index contributed by atoms with van der Waals surface area (Å²) in [6, 6.07) is 14.9. The Morgan fingerprint density at radius 1 is 0.731 bits per heavy atom. The standard InChI is InChI=1S/C17H25N3O4P2/c1-18-25(4,21)23-16-9-5-14(6-10-16)13-15-7-11-17(12-8-15)24-26(22,19-2)20-3/h5-12H,13H2,1-4H3,(H,18,21)(H2,19,20,22). The third-order valence-electron chi connectivity index (χ3n) is 3.76. The molecule has 0 bridgehead atoms. The average Bonchev–Trinajstić information content (AvgIpc) is 2.64. The molecule has 0 aliphatic carbocycles. The minimum Gasteiger partial charge on any atom is -0.433 e. The number of rotatable bonds is 9. The minimum atomic E-state index is -3.05. The highest BCUT2D eigenvalue weighted by Gasteiger charge is 2.19. The Morgan fingerprint density at radius 3 is 1.54 bits per heavy atom. The van der Waals surface area contributed by atoms with Crippen LogP contribution < -0.4 is 24.3 Å². The highest BCUT2D eigenvalue weighted by Crippen LogP contribution is 2.38. The average molecular weight is 397 g/mol. The van der Waals surface area contributed by atoms with Gasteiger partial charge in [0.15, 0.2) is 0 Å². The molecule has 1 atom stereocenters. The summed E-state index contributed by atoms with van der Waals surface area (Å²) in [6.45, 7) is 1.53. The molecule has 2 aromatic carbocycles. The molecule has 3 N–H and O–H groups in total. The first-order valence-electron chi connectivity index (χ1n) is 8.11. The number of benzene rings is 2. The smallest absolute Gasteiger partial charge is 0.389 e. The van der Waals surface area contributed by atoms with Crippen molar-refractivity contribution in [3.63, 3.8) is 0 Å². The molecule has 0 heterocycles. The van der Waals surface area contributed by atoms with Crippen molar-refractivity contribution in [1.82, 2.24) is 15.3 Å². The van der Waals surface area contributed by atoms with Crippen LogP contribution in [-0.4, -0.2) is 27.8 Å². The van der Waals surface area contributed by atoms with Crippen LogP contribution >= 0.6 is 15.2 Å². The molecule has 0 aliphatic rings. The van der Waals surface area contributed by atoms with Gasteiger partial charge in [-0.15, -0.1) is 0 Å². The first kappa shape index (κ1) is 20.7. The van der Waals surface area contributed by atoms with Crippen LogP contribution in [0.3, 0.4) is 0 Å². The van der Waals surface area contributed by atoms with E-state index in [1.54, 1.807) is 45.4 Å². The van der Waals surface area contributed by atoms with Gasteiger partial charge in [0.2, 0.25) is 0 Å². The lowest BCUT2D eigenvalue weighted by Crippen LogP contribution is -2.19. The normalized spacial score (nSPS) is 13.8. The van der Waals surface area contributed by atoms with Crippen LogP contribution in [-0.2, 0) is 15.6 Å². The van der Waals surface area contributed by atoms with Crippen molar-refractivity contribution in [3.8, 4) is 11.5 Å². The summed E-state index contributed by atoms with van der Waals surface area (Å²) in [5.74, 6) is 1.09. The van der Waals surface area contributed by atoms with Crippen LogP contribution in [0, 0.1) is 0 Å². The highest BCUT2D eigenvalue weighted by atomic mass is 31.2. The molecule has 0 amide bonds. The molecule has 2 aromatic rings. The molecule has 142 valence electrons. The van der Waals surface area contributed by atoms with Crippen molar-refractivity contribution < 1.29 is 18.2 Å². The fraction of sp³-hybridized carbons (Fsp3) is 0.294. The summed E-state index contributed by atoms with van der Waals surface area (Å²) in [7, 11) is -1.10. The predicted molar refractivity (Wildman–Crippen MR) is 105 cm³/mol. The van der Waals surface area contributed by atoms with Gasteiger partial charge >= 0.3 is 15.2 Å². The summed E-state index contributed by atoms with van der Waals surface area (Å²) in [5.41, 5.74) is 2.18. The molecule has 9 heteroatoms. The maximum absolute atomic E-state index is 12.2. The lowest BCUT2D eigenvalue weighted by atomic mass is 10.1. The quantitative estimate of drug-likeness (QED) is 0.557. The Labute approximate surface area is 154 Å². The van der Waals surface area contributed by atoms with Gasteiger partial charge in [0.1, 0.15) is 11.5 Å². The van der Waals surface area contributed by atoms with Crippen LogP contribution in [0.2, 0.25) is 0 Å². The monoisotopic (exact) mass is 397 g/mol. The third kappa shape index (κ3) is 5.97. The molecular formula is C17H25N3O4P2. The van der Waals surface area contributed by atoms with E-state index in [1.165, 1.54) is 6.66 Å². The van der Waals surface area contributed by atoms with Gasteiger partial charge in [-0.2, -0.15) is 0 Å². The van der Waals surface area contributed by atoms with Crippen LogP contribution in [0.4, 0.5) is 0 Å². The highest BCUT2D eigenvalue weighted by molar-refractivity contribution is 7.56. The Hall–Kier alpha value is -1.62. The van der Waals surface area contributed by atoms with Gasteiger partial charge in [-0.05, 0) is 63.0 Å². The lowest BCUT2D eigenvalue weighted by Gasteiger charge is -2.17. The van der Waals surface area contributed by atoms with Gasteiger partial charge in [0.25, 0.3) is 0 Å². The van der Waals surface area contributed by atoms with E-state index >= 15 is 0 Å². The second-order valence-electron chi connectivity index (χ2n) is 5.72. The van der Waals surface area contributed by atoms with Gasteiger partial charge in [-0.25, -0.2) is 19.8 Å². The lowest BCUT2D eigenvalue weighted by molar-refractivity contribution is 0.462. The van der Waals surface area contributed by atoms with E-state index in [1.807, 2.05) is 24.3 Å². The molecule has 0 saturated heterocycles. The molecule has 7 nitrogen and oxygen atoms in total. The molecule has 0 spiro atoms. The van der Waals surface area contributed by atoms with Crippen LogP contribution in [0.15, 0.2) is 48.5 Å². The fourth-order valence-corrected chi connectivity index (χ4v) is 3.61. The molecule has 2 rings (SSSR count). The molecule has 26 heavy (non-hydrogen) atoms. The Balaban J connectivity index is 2.01. The Morgan fingerprint density at radius 2 is 1.15 bits per heavy atom. The summed E-state index contributed by atoms with van der Waals surface area (Å²) in [4.78, 5) is 0. The van der Waals surface area contributed by atoms with Gasteiger partial charge < -0.3 is 9.05 Å². The van der Waals surface area contributed by atoms with E-state index in [2.05, 4.69) is 15.3 Å². The van der Waals surface area contributed by atoms with Crippen molar-refractivity contribution in [2.24, 2.45) is 0 Å². The van der Waals surface area contributed by atoms with Crippen LogP contribution in [0.1, 0.15) is 11.1 Å². The molecule has 0 saturated carbocycles. The van der Waals surface area contributed by atoms with Crippen molar-refractivity contribution in [3.05, 3.63) is 59.7 Å². The fourth-order valence-electron chi connectivity index (χ4n) is 2.17. The molecule has 1 unspecified atom stereocenters. The first-order chi connectivity index (χ1) is 12.3. The zero-order valence-corrected chi connectivity index (χ0v) is 17.1. The van der Waals surface area contributed by atoms with Crippen molar-refractivity contribution in [2.75, 3.05) is 27.8 Å². The summed E-state index contributed by atoms with van der Waals surface area (Å²) >= 11 is 0. The van der Waals surface area contributed by atoms with E-state index in [0.717, 1.165) is 17.5 Å². The molecular weight excluding hydrogens is 372 g/mol. The summed E-state index contributed by atoms with van der Waals surface area (Å²) in [5, 5.41) is 7.95. The van der Waals surface area contributed by atoms with Gasteiger partial charge in [-0.3, -0.25) is 4.57 Å².